The van der Waals surface area contributed by atoms with E-state index in [1.807, 2.05) is 13.0 Å². The first-order valence-corrected chi connectivity index (χ1v) is 8.12. The zero-order chi connectivity index (χ0) is 16.0. The van der Waals surface area contributed by atoms with Gasteiger partial charge in [-0.2, -0.15) is 0 Å². The quantitative estimate of drug-likeness (QED) is 0.445. The van der Waals surface area contributed by atoms with Crippen LogP contribution in [0.2, 0.25) is 5.15 Å². The van der Waals surface area contributed by atoms with Crippen molar-refractivity contribution < 1.29 is 0 Å². The number of benzene rings is 2. The summed E-state index contributed by atoms with van der Waals surface area (Å²) < 4.78 is 2.28. The second-order valence-electron chi connectivity index (χ2n) is 5.93. The summed E-state index contributed by atoms with van der Waals surface area (Å²) in [6.45, 7) is 4.93. The van der Waals surface area contributed by atoms with Gasteiger partial charge in [-0.25, -0.2) is 4.98 Å². The summed E-state index contributed by atoms with van der Waals surface area (Å²) in [5, 5.41) is 3.03. The molecule has 114 valence electrons. The summed E-state index contributed by atoms with van der Waals surface area (Å²) in [7, 11) is 0. The smallest absolute Gasteiger partial charge is 0.153 e. The Morgan fingerprint density at radius 2 is 1.65 bits per heavy atom. The monoisotopic (exact) mass is 320 g/mol. The molecule has 0 bridgehead atoms. The summed E-state index contributed by atoms with van der Waals surface area (Å²) >= 11 is 6.55. The van der Waals surface area contributed by atoms with Gasteiger partial charge in [0.05, 0.1) is 5.52 Å². The lowest BCUT2D eigenvalue weighted by atomic mass is 10.1. The van der Waals surface area contributed by atoms with E-state index in [2.05, 4.69) is 65.0 Å². The van der Waals surface area contributed by atoms with Crippen LogP contribution in [0.1, 0.15) is 16.8 Å². The number of hydrogen-bond donors (Lipinski definition) is 0. The number of halogens is 1. The van der Waals surface area contributed by atoms with Crippen molar-refractivity contribution in [1.29, 1.82) is 0 Å². The van der Waals surface area contributed by atoms with Gasteiger partial charge < -0.3 is 4.57 Å². The van der Waals surface area contributed by atoms with E-state index in [9.17, 15) is 0 Å². The minimum atomic E-state index is 0.579. The van der Waals surface area contributed by atoms with Gasteiger partial charge in [0.2, 0.25) is 0 Å². The van der Waals surface area contributed by atoms with Gasteiger partial charge >= 0.3 is 0 Å². The lowest BCUT2D eigenvalue weighted by Gasteiger charge is -2.10. The Morgan fingerprint density at radius 1 is 0.957 bits per heavy atom. The number of rotatable bonds is 2. The molecule has 3 heteroatoms. The molecule has 0 fully saturated rings. The maximum Gasteiger partial charge on any atom is 0.153 e. The SMILES string of the molecule is Cc1nc(Cl)c2c(c1C)c1ccccc1n2Cc1ccccc1. The maximum absolute atomic E-state index is 6.55. The molecule has 0 radical (unpaired) electrons. The minimum Gasteiger partial charge on any atom is -0.333 e. The van der Waals surface area contributed by atoms with Gasteiger partial charge in [0.1, 0.15) is 0 Å². The van der Waals surface area contributed by atoms with Crippen molar-refractivity contribution in [3.63, 3.8) is 0 Å². The van der Waals surface area contributed by atoms with Crippen LogP contribution >= 0.6 is 11.6 Å². The molecule has 0 saturated heterocycles. The van der Waals surface area contributed by atoms with E-state index in [-0.39, 0.29) is 0 Å². The molecular weight excluding hydrogens is 304 g/mol. The second kappa shape index (κ2) is 5.39. The highest BCUT2D eigenvalue weighted by molar-refractivity contribution is 6.35. The molecular formula is C20H17ClN2. The predicted molar refractivity (Wildman–Crippen MR) is 97.3 cm³/mol. The van der Waals surface area contributed by atoms with E-state index in [0.717, 1.165) is 17.8 Å². The molecule has 0 spiro atoms. The number of pyridine rings is 1. The van der Waals surface area contributed by atoms with E-state index >= 15 is 0 Å². The van der Waals surface area contributed by atoms with E-state index in [1.165, 1.54) is 27.4 Å². The number of aromatic nitrogens is 2. The van der Waals surface area contributed by atoms with E-state index in [0.29, 0.717) is 5.15 Å². The summed E-state index contributed by atoms with van der Waals surface area (Å²) in [5.41, 5.74) is 5.67. The molecule has 2 aromatic heterocycles. The average molecular weight is 321 g/mol. The van der Waals surface area contributed by atoms with Crippen LogP contribution in [-0.4, -0.2) is 9.55 Å². The van der Waals surface area contributed by atoms with Crippen LogP contribution in [0.4, 0.5) is 0 Å². The molecule has 0 amide bonds. The fraction of sp³-hybridized carbons (Fsp3) is 0.150. The second-order valence-corrected chi connectivity index (χ2v) is 6.28. The van der Waals surface area contributed by atoms with Crippen molar-refractivity contribution >= 4 is 33.4 Å². The molecule has 0 unspecified atom stereocenters. The molecule has 0 aliphatic rings. The number of hydrogen-bond acceptors (Lipinski definition) is 1. The van der Waals surface area contributed by atoms with Crippen molar-refractivity contribution in [2.75, 3.05) is 0 Å². The molecule has 23 heavy (non-hydrogen) atoms. The highest BCUT2D eigenvalue weighted by atomic mass is 35.5. The van der Waals surface area contributed by atoms with Crippen molar-refractivity contribution in [2.24, 2.45) is 0 Å². The zero-order valence-corrected chi connectivity index (χ0v) is 13.9. The average Bonchev–Trinajstić information content (AvgIpc) is 2.89. The topological polar surface area (TPSA) is 17.8 Å². The molecule has 0 aliphatic carbocycles. The lowest BCUT2D eigenvalue weighted by Crippen LogP contribution is -2.01. The fourth-order valence-corrected chi connectivity index (χ4v) is 3.62. The third-order valence-corrected chi connectivity index (χ3v) is 4.80. The van der Waals surface area contributed by atoms with Crippen molar-refractivity contribution in [3.05, 3.63) is 76.6 Å². The van der Waals surface area contributed by atoms with Gasteiger partial charge in [-0.15, -0.1) is 0 Å². The fourth-order valence-electron chi connectivity index (χ4n) is 3.29. The minimum absolute atomic E-state index is 0.579. The highest BCUT2D eigenvalue weighted by Crippen LogP contribution is 2.36. The Balaban J connectivity index is 2.11. The predicted octanol–water partition coefficient (Wildman–Crippen LogP) is 5.51. The summed E-state index contributed by atoms with van der Waals surface area (Å²) in [5.74, 6) is 0. The molecule has 0 saturated carbocycles. The van der Waals surface area contributed by atoms with Crippen LogP contribution < -0.4 is 0 Å². The number of fused-ring (bicyclic) bond motifs is 3. The van der Waals surface area contributed by atoms with Crippen LogP contribution in [-0.2, 0) is 6.54 Å². The van der Waals surface area contributed by atoms with Gasteiger partial charge in [0, 0.05) is 28.5 Å². The number of aryl methyl sites for hydroxylation is 2. The first-order chi connectivity index (χ1) is 11.2. The third-order valence-electron chi connectivity index (χ3n) is 4.53. The van der Waals surface area contributed by atoms with Gasteiger partial charge in [-0.3, -0.25) is 0 Å². The number of para-hydroxylation sites is 1. The maximum atomic E-state index is 6.55. The van der Waals surface area contributed by atoms with Crippen LogP contribution in [0.15, 0.2) is 54.6 Å². The molecule has 0 N–H and O–H groups in total. The van der Waals surface area contributed by atoms with Gasteiger partial charge in [0.15, 0.2) is 5.15 Å². The first kappa shape index (κ1) is 14.3. The van der Waals surface area contributed by atoms with Crippen molar-refractivity contribution in [2.45, 2.75) is 20.4 Å². The molecule has 2 heterocycles. The summed E-state index contributed by atoms with van der Waals surface area (Å²) in [6, 6.07) is 18.9. The normalized spacial score (nSPS) is 11.4. The van der Waals surface area contributed by atoms with Gasteiger partial charge in [-0.05, 0) is 31.0 Å². The van der Waals surface area contributed by atoms with Crippen LogP contribution in [0.5, 0.6) is 0 Å². The Hall–Kier alpha value is -2.32. The van der Waals surface area contributed by atoms with Crippen LogP contribution in [0, 0.1) is 13.8 Å². The standard InChI is InChI=1S/C20H17ClN2/c1-13-14(2)22-20(21)19-18(13)16-10-6-7-11-17(16)23(19)12-15-8-4-3-5-9-15/h3-11H,12H2,1-2H3. The van der Waals surface area contributed by atoms with Crippen LogP contribution in [0.25, 0.3) is 21.8 Å². The number of nitrogens with zero attached hydrogens (tertiary/aromatic N) is 2. The Labute approximate surface area is 140 Å². The first-order valence-electron chi connectivity index (χ1n) is 7.74. The molecule has 2 aromatic carbocycles. The Morgan fingerprint density at radius 3 is 2.43 bits per heavy atom. The molecule has 0 aliphatic heterocycles. The van der Waals surface area contributed by atoms with Crippen molar-refractivity contribution in [3.8, 4) is 0 Å². The third kappa shape index (κ3) is 2.22. The molecule has 2 nitrogen and oxygen atoms in total. The van der Waals surface area contributed by atoms with E-state index in [4.69, 9.17) is 11.6 Å². The Kier molecular flexibility index (Phi) is 3.35. The Bertz CT molecular complexity index is 1020. The van der Waals surface area contributed by atoms with Crippen molar-refractivity contribution in [1.82, 2.24) is 9.55 Å². The van der Waals surface area contributed by atoms with Gasteiger partial charge in [-0.1, -0.05) is 60.1 Å². The summed E-state index contributed by atoms with van der Waals surface area (Å²) in [6.07, 6.45) is 0. The highest BCUT2D eigenvalue weighted by Gasteiger charge is 2.17. The summed E-state index contributed by atoms with van der Waals surface area (Å²) in [4.78, 5) is 4.54. The molecule has 4 aromatic rings. The van der Waals surface area contributed by atoms with Crippen LogP contribution in [0.3, 0.4) is 0 Å². The molecule has 4 rings (SSSR count). The van der Waals surface area contributed by atoms with Gasteiger partial charge in [0.25, 0.3) is 0 Å². The van der Waals surface area contributed by atoms with E-state index in [1.54, 1.807) is 0 Å². The van der Waals surface area contributed by atoms with E-state index < -0.39 is 0 Å². The zero-order valence-electron chi connectivity index (χ0n) is 13.2. The lowest BCUT2D eigenvalue weighted by molar-refractivity contribution is 0.866. The molecule has 0 atom stereocenters. The largest absolute Gasteiger partial charge is 0.333 e.